The first kappa shape index (κ1) is 17.5. The Hall–Kier alpha value is -2.57. The second-order valence-electron chi connectivity index (χ2n) is 4.81. The minimum atomic E-state index is -1.26. The van der Waals surface area contributed by atoms with E-state index in [9.17, 15) is 14.4 Å². The predicted octanol–water partition coefficient (Wildman–Crippen LogP) is 1.75. The van der Waals surface area contributed by atoms with Gasteiger partial charge < -0.3 is 20.8 Å². The number of hydrogen-bond acceptors (Lipinski definition) is 3. The van der Waals surface area contributed by atoms with Crippen LogP contribution in [0.3, 0.4) is 0 Å². The number of urea groups is 1. The van der Waals surface area contributed by atoms with Crippen molar-refractivity contribution in [3.63, 3.8) is 0 Å². The standard InChI is InChI=1S/C15H20N2O5/c1-2-11(10-6-4-3-5-7-10)16-15(22)17-12(14(20)21)8-9-13(18)19/h3-7,11-12H,2,8-9H2,1H3,(H,18,19)(H,20,21)(H2,16,17,22). The van der Waals surface area contributed by atoms with Crippen molar-refractivity contribution in [2.75, 3.05) is 0 Å². The van der Waals surface area contributed by atoms with Crippen LogP contribution in [-0.2, 0) is 9.59 Å². The molecule has 7 nitrogen and oxygen atoms in total. The molecule has 2 amide bonds. The maximum atomic E-state index is 11.9. The van der Waals surface area contributed by atoms with Crippen LogP contribution in [0.5, 0.6) is 0 Å². The molecule has 1 rings (SSSR count). The molecule has 0 bridgehead atoms. The van der Waals surface area contributed by atoms with Gasteiger partial charge in [-0.15, -0.1) is 0 Å². The summed E-state index contributed by atoms with van der Waals surface area (Å²) < 4.78 is 0. The van der Waals surface area contributed by atoms with Crippen molar-refractivity contribution in [1.29, 1.82) is 0 Å². The molecule has 0 aliphatic rings. The third kappa shape index (κ3) is 5.82. The lowest BCUT2D eigenvalue weighted by Crippen LogP contribution is -2.47. The molecule has 0 aromatic heterocycles. The number of hydrogen-bond donors (Lipinski definition) is 4. The zero-order valence-corrected chi connectivity index (χ0v) is 12.3. The van der Waals surface area contributed by atoms with E-state index < -0.39 is 24.0 Å². The molecule has 0 saturated carbocycles. The van der Waals surface area contributed by atoms with E-state index in [-0.39, 0.29) is 18.9 Å². The lowest BCUT2D eigenvalue weighted by Gasteiger charge is -2.20. The average Bonchev–Trinajstić information content (AvgIpc) is 2.49. The summed E-state index contributed by atoms with van der Waals surface area (Å²) in [4.78, 5) is 33.4. The van der Waals surface area contributed by atoms with Gasteiger partial charge >= 0.3 is 18.0 Å². The second-order valence-corrected chi connectivity index (χ2v) is 4.81. The molecule has 0 heterocycles. The molecule has 22 heavy (non-hydrogen) atoms. The van der Waals surface area contributed by atoms with E-state index in [1.165, 1.54) is 0 Å². The van der Waals surface area contributed by atoms with Crippen molar-refractivity contribution in [2.24, 2.45) is 0 Å². The summed E-state index contributed by atoms with van der Waals surface area (Å²) in [5, 5.41) is 22.6. The molecule has 0 fully saturated rings. The molecule has 120 valence electrons. The van der Waals surface area contributed by atoms with E-state index in [0.29, 0.717) is 6.42 Å². The molecule has 0 aliphatic carbocycles. The molecule has 4 N–H and O–H groups in total. The lowest BCUT2D eigenvalue weighted by atomic mass is 10.1. The Morgan fingerprint density at radius 3 is 2.23 bits per heavy atom. The van der Waals surface area contributed by atoms with E-state index in [1.54, 1.807) is 0 Å². The van der Waals surface area contributed by atoms with E-state index in [2.05, 4.69) is 10.6 Å². The Bertz CT molecular complexity index is 518. The highest BCUT2D eigenvalue weighted by Crippen LogP contribution is 2.15. The molecular weight excluding hydrogens is 288 g/mol. The van der Waals surface area contributed by atoms with Crippen LogP contribution in [0.2, 0.25) is 0 Å². The van der Waals surface area contributed by atoms with Crippen molar-refractivity contribution >= 4 is 18.0 Å². The Balaban J connectivity index is 2.62. The van der Waals surface area contributed by atoms with Crippen LogP contribution in [0.1, 0.15) is 37.8 Å². The minimum absolute atomic E-state index is 0.166. The normalized spacial score (nSPS) is 13.0. The Kier molecular flexibility index (Phi) is 6.88. The number of carboxylic acids is 2. The molecular formula is C15H20N2O5. The summed E-state index contributed by atoms with van der Waals surface area (Å²) in [6.07, 6.45) is 0.150. The van der Waals surface area contributed by atoms with Gasteiger partial charge in [-0.2, -0.15) is 0 Å². The number of nitrogens with one attached hydrogen (secondary N) is 2. The van der Waals surface area contributed by atoms with Gasteiger partial charge in [-0.05, 0) is 18.4 Å². The van der Waals surface area contributed by atoms with Gasteiger partial charge in [0.05, 0.1) is 6.04 Å². The van der Waals surface area contributed by atoms with Gasteiger partial charge in [0.1, 0.15) is 6.04 Å². The monoisotopic (exact) mass is 308 g/mol. The molecule has 0 spiro atoms. The van der Waals surface area contributed by atoms with Gasteiger partial charge in [0, 0.05) is 6.42 Å². The van der Waals surface area contributed by atoms with Gasteiger partial charge in [-0.1, -0.05) is 37.3 Å². The molecule has 2 atom stereocenters. The third-order valence-corrected chi connectivity index (χ3v) is 3.17. The average molecular weight is 308 g/mol. The fourth-order valence-corrected chi connectivity index (χ4v) is 1.99. The van der Waals surface area contributed by atoms with E-state index >= 15 is 0 Å². The van der Waals surface area contributed by atoms with Crippen molar-refractivity contribution in [2.45, 2.75) is 38.3 Å². The molecule has 1 aromatic rings. The highest BCUT2D eigenvalue weighted by atomic mass is 16.4. The predicted molar refractivity (Wildman–Crippen MR) is 79.4 cm³/mol. The first-order valence-electron chi connectivity index (χ1n) is 7.00. The van der Waals surface area contributed by atoms with Gasteiger partial charge in [-0.3, -0.25) is 4.79 Å². The Morgan fingerprint density at radius 2 is 1.73 bits per heavy atom. The topological polar surface area (TPSA) is 116 Å². The molecule has 2 unspecified atom stereocenters. The number of carbonyl (C=O) groups excluding carboxylic acids is 1. The van der Waals surface area contributed by atoms with E-state index in [1.807, 2.05) is 37.3 Å². The van der Waals surface area contributed by atoms with Crippen LogP contribution in [0.25, 0.3) is 0 Å². The second kappa shape index (κ2) is 8.66. The highest BCUT2D eigenvalue weighted by molar-refractivity contribution is 5.83. The number of aliphatic carboxylic acids is 2. The first-order valence-corrected chi connectivity index (χ1v) is 7.00. The van der Waals surface area contributed by atoms with Crippen LogP contribution in [0.15, 0.2) is 30.3 Å². The van der Waals surface area contributed by atoms with E-state index in [0.717, 1.165) is 5.56 Å². The number of amides is 2. The number of rotatable bonds is 8. The number of carboxylic acid groups (broad SMARTS) is 2. The lowest BCUT2D eigenvalue weighted by molar-refractivity contribution is -0.140. The van der Waals surface area contributed by atoms with Gasteiger partial charge in [0.25, 0.3) is 0 Å². The van der Waals surface area contributed by atoms with Crippen LogP contribution in [-0.4, -0.2) is 34.2 Å². The van der Waals surface area contributed by atoms with Crippen LogP contribution < -0.4 is 10.6 Å². The van der Waals surface area contributed by atoms with E-state index in [4.69, 9.17) is 10.2 Å². The highest BCUT2D eigenvalue weighted by Gasteiger charge is 2.22. The number of benzene rings is 1. The third-order valence-electron chi connectivity index (χ3n) is 3.17. The van der Waals surface area contributed by atoms with Crippen LogP contribution in [0.4, 0.5) is 4.79 Å². The Labute approximate surface area is 128 Å². The molecule has 0 saturated heterocycles. The summed E-state index contributed by atoms with van der Waals surface area (Å²) >= 11 is 0. The maximum Gasteiger partial charge on any atom is 0.326 e. The largest absolute Gasteiger partial charge is 0.481 e. The summed E-state index contributed by atoms with van der Waals surface area (Å²) in [5.74, 6) is -2.37. The SMILES string of the molecule is CCC(NC(=O)NC(CCC(=O)O)C(=O)O)c1ccccc1. The Morgan fingerprint density at radius 1 is 1.09 bits per heavy atom. The molecule has 7 heteroatoms. The quantitative estimate of drug-likeness (QED) is 0.584. The van der Waals surface area contributed by atoms with Crippen molar-refractivity contribution in [3.8, 4) is 0 Å². The molecule has 0 radical (unpaired) electrons. The summed E-state index contributed by atoms with van der Waals surface area (Å²) in [7, 11) is 0. The van der Waals surface area contributed by atoms with Crippen LogP contribution in [0, 0.1) is 0 Å². The summed E-state index contributed by atoms with van der Waals surface area (Å²) in [6.45, 7) is 1.90. The van der Waals surface area contributed by atoms with Crippen LogP contribution >= 0.6 is 0 Å². The van der Waals surface area contributed by atoms with Crippen molar-refractivity contribution in [1.82, 2.24) is 10.6 Å². The number of carbonyl (C=O) groups is 3. The fourth-order valence-electron chi connectivity index (χ4n) is 1.99. The molecule has 0 aliphatic heterocycles. The smallest absolute Gasteiger partial charge is 0.326 e. The molecule has 1 aromatic carbocycles. The fraction of sp³-hybridized carbons (Fsp3) is 0.400. The maximum absolute atomic E-state index is 11.9. The van der Waals surface area contributed by atoms with Crippen molar-refractivity contribution < 1.29 is 24.6 Å². The summed E-state index contributed by atoms with van der Waals surface area (Å²) in [6, 6.07) is 7.20. The van der Waals surface area contributed by atoms with Gasteiger partial charge in [0.2, 0.25) is 0 Å². The summed E-state index contributed by atoms with van der Waals surface area (Å²) in [5.41, 5.74) is 0.914. The van der Waals surface area contributed by atoms with Gasteiger partial charge in [-0.25, -0.2) is 9.59 Å². The zero-order valence-electron chi connectivity index (χ0n) is 12.3. The minimum Gasteiger partial charge on any atom is -0.481 e. The first-order chi connectivity index (χ1) is 10.4. The zero-order chi connectivity index (χ0) is 16.5. The van der Waals surface area contributed by atoms with Gasteiger partial charge in [0.15, 0.2) is 0 Å². The van der Waals surface area contributed by atoms with Crippen molar-refractivity contribution in [3.05, 3.63) is 35.9 Å².